The van der Waals surface area contributed by atoms with Gasteiger partial charge in [-0.2, -0.15) is 0 Å². The first-order chi connectivity index (χ1) is 19.2. The molecule has 222 valence electrons. The lowest BCUT2D eigenvalue weighted by Gasteiger charge is -2.52. The topological polar surface area (TPSA) is 74.3 Å². The molecule has 0 bridgehead atoms. The molecule has 0 N–H and O–H groups in total. The molecule has 4 rings (SSSR count). The highest BCUT2D eigenvalue weighted by molar-refractivity contribution is 6.45. The van der Waals surface area contributed by atoms with E-state index in [2.05, 4.69) is 0 Å². The van der Waals surface area contributed by atoms with Crippen molar-refractivity contribution in [3.8, 4) is 0 Å². The van der Waals surface area contributed by atoms with Crippen LogP contribution in [0.4, 0.5) is 4.79 Å². The fourth-order valence-electron chi connectivity index (χ4n) is 5.78. The van der Waals surface area contributed by atoms with Crippen molar-refractivity contribution < 1.29 is 28.4 Å². The zero-order valence-electron chi connectivity index (χ0n) is 25.9. The first kappa shape index (κ1) is 31.1. The molecule has 41 heavy (non-hydrogen) atoms. The third kappa shape index (κ3) is 6.49. The number of carbonyl (C=O) groups is 2. The molecular formula is C33H46BNO6. The predicted octanol–water partition coefficient (Wildman–Crippen LogP) is 7.67. The first-order valence-corrected chi connectivity index (χ1v) is 14.9. The van der Waals surface area contributed by atoms with Gasteiger partial charge in [-0.25, -0.2) is 9.59 Å². The summed E-state index contributed by atoms with van der Waals surface area (Å²) < 4.78 is 24.7. The minimum Gasteiger partial charge on any atom is -0.453 e. The third-order valence-electron chi connectivity index (χ3n) is 8.67. The van der Waals surface area contributed by atoms with Crippen molar-refractivity contribution in [3.63, 3.8) is 0 Å². The van der Waals surface area contributed by atoms with Crippen molar-refractivity contribution in [1.82, 2.24) is 4.90 Å². The van der Waals surface area contributed by atoms with Crippen LogP contribution in [0.1, 0.15) is 104 Å². The Balaban J connectivity index is 1.67. The van der Waals surface area contributed by atoms with Gasteiger partial charge in [-0.05, 0) is 78.8 Å². The maximum absolute atomic E-state index is 14.1. The van der Waals surface area contributed by atoms with Gasteiger partial charge in [0.15, 0.2) is 6.10 Å². The molecule has 2 fully saturated rings. The summed E-state index contributed by atoms with van der Waals surface area (Å²) >= 11 is 0. The lowest BCUT2D eigenvalue weighted by Crippen LogP contribution is -2.64. The molecule has 3 atom stereocenters. The highest BCUT2D eigenvalue weighted by Gasteiger charge is 2.58. The molecule has 0 aromatic heterocycles. The second kappa shape index (κ2) is 11.8. The number of benzene rings is 2. The maximum atomic E-state index is 14.1. The van der Waals surface area contributed by atoms with Crippen LogP contribution >= 0.6 is 0 Å². The molecule has 0 aliphatic carbocycles. The van der Waals surface area contributed by atoms with E-state index in [9.17, 15) is 9.59 Å². The minimum atomic E-state index is -1.19. The van der Waals surface area contributed by atoms with Crippen LogP contribution in [-0.4, -0.2) is 46.4 Å². The molecular weight excluding hydrogens is 517 g/mol. The van der Waals surface area contributed by atoms with E-state index in [4.69, 9.17) is 18.8 Å². The molecule has 2 aromatic carbocycles. The molecule has 2 heterocycles. The normalized spacial score (nSPS) is 25.6. The number of cyclic esters (lactones) is 1. The van der Waals surface area contributed by atoms with Crippen LogP contribution in [0.25, 0.3) is 0 Å². The van der Waals surface area contributed by atoms with Crippen LogP contribution < -0.4 is 0 Å². The third-order valence-corrected chi connectivity index (χ3v) is 8.67. The van der Waals surface area contributed by atoms with E-state index in [1.54, 1.807) is 4.90 Å². The highest BCUT2D eigenvalue weighted by Crippen LogP contribution is 2.49. The van der Waals surface area contributed by atoms with E-state index in [0.717, 1.165) is 17.5 Å². The summed E-state index contributed by atoms with van der Waals surface area (Å²) in [6.07, 6.45) is 1.79. The van der Waals surface area contributed by atoms with E-state index < -0.39 is 46.6 Å². The van der Waals surface area contributed by atoms with Crippen molar-refractivity contribution in [2.24, 2.45) is 0 Å². The van der Waals surface area contributed by atoms with Crippen molar-refractivity contribution in [1.29, 1.82) is 0 Å². The number of rotatable bonds is 8. The van der Waals surface area contributed by atoms with Crippen LogP contribution in [0.3, 0.4) is 0 Å². The van der Waals surface area contributed by atoms with Crippen LogP contribution in [0.2, 0.25) is 6.32 Å². The van der Waals surface area contributed by atoms with Crippen molar-refractivity contribution in [3.05, 3.63) is 71.8 Å². The Morgan fingerprint density at radius 1 is 0.902 bits per heavy atom. The quantitative estimate of drug-likeness (QED) is 0.186. The molecule has 0 saturated carbocycles. The molecule has 0 unspecified atom stereocenters. The highest BCUT2D eigenvalue weighted by atomic mass is 16.7. The van der Waals surface area contributed by atoms with Gasteiger partial charge >= 0.3 is 19.2 Å². The number of carbonyl (C=O) groups excluding carboxylic acids is 2. The molecule has 0 spiro atoms. The van der Waals surface area contributed by atoms with Crippen LogP contribution in [-0.2, 0) is 23.6 Å². The van der Waals surface area contributed by atoms with E-state index in [-0.39, 0.29) is 7.12 Å². The van der Waals surface area contributed by atoms with Crippen molar-refractivity contribution >= 4 is 19.2 Å². The van der Waals surface area contributed by atoms with Crippen LogP contribution in [0.5, 0.6) is 0 Å². The monoisotopic (exact) mass is 563 g/mol. The number of amides is 1. The number of esters is 1. The van der Waals surface area contributed by atoms with E-state index in [1.165, 1.54) is 0 Å². The summed E-state index contributed by atoms with van der Waals surface area (Å²) in [6.45, 7) is 15.7. The minimum absolute atomic E-state index is 0.308. The lowest BCUT2D eigenvalue weighted by atomic mass is 9.78. The molecule has 0 radical (unpaired) electrons. The Labute approximate surface area is 246 Å². The SMILES string of the molecule is CC[C@]1(CCCCB2OC(C)(C)C(C)(C)O2)C(=O)O[C@@H](c2ccccc2)[C@@H](c2ccccc2)N1C(=O)OC(C)(C)C. The standard InChI is InChI=1S/C33H46BNO6/c1-9-33(22-16-17-23-34-40-31(5,6)32(7,8)41-34)28(36)38-27(25-20-14-11-15-21-25)26(24-18-12-10-13-19-24)35(33)29(37)39-30(2,3)4/h10-15,18-21,26-27H,9,16-17,22-23H2,1-8H3/t26-,27+,33+/m1/s1. The van der Waals surface area contributed by atoms with E-state index in [1.807, 2.05) is 116 Å². The summed E-state index contributed by atoms with van der Waals surface area (Å²) in [6, 6.07) is 18.9. The number of ether oxygens (including phenoxy) is 2. The Hall–Kier alpha value is -2.84. The number of unbranched alkanes of at least 4 members (excludes halogenated alkanes) is 1. The number of hydrogen-bond donors (Lipinski definition) is 0. The molecule has 1 amide bonds. The molecule has 2 aliphatic heterocycles. The van der Waals surface area contributed by atoms with Crippen molar-refractivity contribution in [2.75, 3.05) is 0 Å². The summed E-state index contributed by atoms with van der Waals surface area (Å²) in [4.78, 5) is 29.9. The molecule has 8 heteroatoms. The molecule has 2 aromatic rings. The fourth-order valence-corrected chi connectivity index (χ4v) is 5.78. The largest absolute Gasteiger partial charge is 0.457 e. The number of hydrogen-bond acceptors (Lipinski definition) is 6. The summed E-state index contributed by atoms with van der Waals surface area (Å²) in [5.74, 6) is -0.400. The predicted molar refractivity (Wildman–Crippen MR) is 160 cm³/mol. The summed E-state index contributed by atoms with van der Waals surface area (Å²) in [5.41, 5.74) is -0.998. The summed E-state index contributed by atoms with van der Waals surface area (Å²) in [5, 5.41) is 0. The molecule has 2 aliphatic rings. The van der Waals surface area contributed by atoms with E-state index in [0.29, 0.717) is 25.6 Å². The van der Waals surface area contributed by atoms with Gasteiger partial charge in [0.25, 0.3) is 0 Å². The van der Waals surface area contributed by atoms with Gasteiger partial charge in [0.05, 0.1) is 11.2 Å². The smallest absolute Gasteiger partial charge is 0.453 e. The van der Waals surface area contributed by atoms with Gasteiger partial charge in [0, 0.05) is 0 Å². The lowest BCUT2D eigenvalue weighted by molar-refractivity contribution is -0.190. The average Bonchev–Trinajstić information content (AvgIpc) is 3.12. The van der Waals surface area contributed by atoms with Crippen LogP contribution in [0, 0.1) is 0 Å². The summed E-state index contributed by atoms with van der Waals surface area (Å²) in [7, 11) is -0.308. The maximum Gasteiger partial charge on any atom is 0.457 e. The second-order valence-electron chi connectivity index (χ2n) is 13.3. The number of morpholine rings is 1. The van der Waals surface area contributed by atoms with Gasteiger partial charge in [-0.3, -0.25) is 4.90 Å². The fraction of sp³-hybridized carbons (Fsp3) is 0.576. The second-order valence-corrected chi connectivity index (χ2v) is 13.3. The van der Waals surface area contributed by atoms with Gasteiger partial charge < -0.3 is 18.8 Å². The van der Waals surface area contributed by atoms with Gasteiger partial charge in [0.1, 0.15) is 17.2 Å². The van der Waals surface area contributed by atoms with Crippen LogP contribution in [0.15, 0.2) is 60.7 Å². The van der Waals surface area contributed by atoms with Gasteiger partial charge in [-0.1, -0.05) is 80.4 Å². The van der Waals surface area contributed by atoms with Crippen molar-refractivity contribution in [2.45, 2.75) is 122 Å². The Kier molecular flexibility index (Phi) is 8.96. The Morgan fingerprint density at radius 3 is 1.95 bits per heavy atom. The Bertz CT molecular complexity index is 1180. The Morgan fingerprint density at radius 2 is 1.44 bits per heavy atom. The molecule has 2 saturated heterocycles. The molecule has 7 nitrogen and oxygen atoms in total. The van der Waals surface area contributed by atoms with Gasteiger partial charge in [0.2, 0.25) is 0 Å². The zero-order chi connectivity index (χ0) is 30.1. The van der Waals surface area contributed by atoms with Gasteiger partial charge in [-0.15, -0.1) is 0 Å². The van der Waals surface area contributed by atoms with E-state index >= 15 is 0 Å². The average molecular weight is 564 g/mol. The zero-order valence-corrected chi connectivity index (χ0v) is 25.9. The number of nitrogens with zero attached hydrogens (tertiary/aromatic N) is 1. The first-order valence-electron chi connectivity index (χ1n) is 14.9.